The lowest BCUT2D eigenvalue weighted by atomic mass is 10.2. The molecule has 0 bridgehead atoms. The first-order valence-electron chi connectivity index (χ1n) is 9.05. The number of carbonyl (C=O) groups excluding carboxylic acids is 1. The van der Waals surface area contributed by atoms with Gasteiger partial charge in [0.05, 0.1) is 10.6 Å². The Morgan fingerprint density at radius 2 is 1.86 bits per heavy atom. The molecule has 2 aromatic heterocycles. The highest BCUT2D eigenvalue weighted by Gasteiger charge is 2.21. The molecule has 1 N–H and O–H groups in total. The zero-order chi connectivity index (χ0) is 20.3. The van der Waals surface area contributed by atoms with Gasteiger partial charge in [0.2, 0.25) is 10.0 Å². The van der Waals surface area contributed by atoms with Gasteiger partial charge in [0.15, 0.2) is 5.65 Å². The fourth-order valence-corrected chi connectivity index (χ4v) is 4.48. The first-order valence-corrected chi connectivity index (χ1v) is 10.5. The predicted octanol–water partition coefficient (Wildman–Crippen LogP) is 2.00. The summed E-state index contributed by atoms with van der Waals surface area (Å²) >= 11 is 0. The van der Waals surface area contributed by atoms with E-state index in [-0.39, 0.29) is 17.3 Å². The molecule has 1 aromatic carbocycles. The molecule has 1 amide bonds. The average molecular weight is 401 g/mol. The molecule has 148 valence electrons. The number of hydrogen-bond acceptors (Lipinski definition) is 5. The summed E-state index contributed by atoms with van der Waals surface area (Å²) in [6.07, 6.45) is 3.35. The van der Waals surface area contributed by atoms with Crippen LogP contribution in [-0.4, -0.2) is 46.3 Å². The number of carbonyl (C=O) groups is 1. The van der Waals surface area contributed by atoms with Gasteiger partial charge in [0.25, 0.3) is 5.91 Å². The van der Waals surface area contributed by atoms with Gasteiger partial charge in [-0.05, 0) is 30.7 Å². The van der Waals surface area contributed by atoms with Gasteiger partial charge in [-0.2, -0.15) is 9.40 Å². The van der Waals surface area contributed by atoms with E-state index in [0.29, 0.717) is 30.0 Å². The Balaban J connectivity index is 1.73. The monoisotopic (exact) mass is 401 g/mol. The van der Waals surface area contributed by atoms with Crippen molar-refractivity contribution < 1.29 is 13.2 Å². The molecule has 0 atom stereocenters. The molecule has 0 spiro atoms. The maximum Gasteiger partial charge on any atom is 0.257 e. The summed E-state index contributed by atoms with van der Waals surface area (Å²) in [7, 11) is -3.49. The standard InChI is InChI=1S/C19H23N5O3S/c1-4-23(5-2)28(26,27)16-9-7-15(8-10-16)13-21-19(25)17-14(3)22-24-12-6-11-20-18(17)24/h6-12H,4-5,13H2,1-3H3,(H,21,25). The van der Waals surface area contributed by atoms with Gasteiger partial charge in [-0.15, -0.1) is 0 Å². The van der Waals surface area contributed by atoms with E-state index in [9.17, 15) is 13.2 Å². The van der Waals surface area contributed by atoms with Crippen molar-refractivity contribution in [3.05, 3.63) is 59.5 Å². The topological polar surface area (TPSA) is 96.7 Å². The quantitative estimate of drug-likeness (QED) is 0.653. The number of fused-ring (bicyclic) bond motifs is 1. The van der Waals surface area contributed by atoms with Crippen LogP contribution in [0.2, 0.25) is 0 Å². The number of sulfonamides is 1. The summed E-state index contributed by atoms with van der Waals surface area (Å²) in [6, 6.07) is 8.29. The smallest absolute Gasteiger partial charge is 0.257 e. The zero-order valence-corrected chi connectivity index (χ0v) is 16.9. The molecule has 0 unspecified atom stereocenters. The third-order valence-corrected chi connectivity index (χ3v) is 6.58. The van der Waals surface area contributed by atoms with Crippen LogP contribution in [0.3, 0.4) is 0 Å². The molecule has 0 radical (unpaired) electrons. The van der Waals surface area contributed by atoms with Crippen molar-refractivity contribution in [2.24, 2.45) is 0 Å². The Kier molecular flexibility index (Phi) is 5.76. The first-order chi connectivity index (χ1) is 13.4. The molecule has 0 saturated carbocycles. The second kappa shape index (κ2) is 8.07. The third-order valence-electron chi connectivity index (χ3n) is 4.52. The van der Waals surface area contributed by atoms with Crippen LogP contribution in [0.1, 0.15) is 35.5 Å². The number of benzene rings is 1. The minimum Gasteiger partial charge on any atom is -0.348 e. The third kappa shape index (κ3) is 3.76. The summed E-state index contributed by atoms with van der Waals surface area (Å²) in [5.74, 6) is -0.272. The second-order valence-corrected chi connectivity index (χ2v) is 8.20. The molecule has 3 aromatic rings. The summed E-state index contributed by atoms with van der Waals surface area (Å²) in [5.41, 5.74) is 2.32. The summed E-state index contributed by atoms with van der Waals surface area (Å²) < 4.78 is 28.0. The predicted molar refractivity (Wildman–Crippen MR) is 105 cm³/mol. The molecule has 8 nitrogen and oxygen atoms in total. The summed E-state index contributed by atoms with van der Waals surface area (Å²) in [6.45, 7) is 6.49. The Morgan fingerprint density at radius 1 is 1.18 bits per heavy atom. The molecule has 2 heterocycles. The van der Waals surface area contributed by atoms with Gasteiger partial charge in [0, 0.05) is 32.0 Å². The minimum absolute atomic E-state index is 0.244. The molecule has 0 aliphatic carbocycles. The van der Waals surface area contributed by atoms with Gasteiger partial charge in [-0.1, -0.05) is 26.0 Å². The van der Waals surface area contributed by atoms with Gasteiger partial charge < -0.3 is 5.32 Å². The van der Waals surface area contributed by atoms with Gasteiger partial charge in [-0.3, -0.25) is 4.79 Å². The number of amides is 1. The highest BCUT2D eigenvalue weighted by atomic mass is 32.2. The van der Waals surface area contributed by atoms with Crippen molar-refractivity contribution in [1.29, 1.82) is 0 Å². The van der Waals surface area contributed by atoms with Crippen molar-refractivity contribution in [1.82, 2.24) is 24.2 Å². The largest absolute Gasteiger partial charge is 0.348 e. The van der Waals surface area contributed by atoms with E-state index in [1.54, 1.807) is 54.2 Å². The van der Waals surface area contributed by atoms with Gasteiger partial charge in [-0.25, -0.2) is 17.9 Å². The van der Waals surface area contributed by atoms with Crippen LogP contribution in [0.25, 0.3) is 5.65 Å². The Hall–Kier alpha value is -2.78. The molecule has 0 saturated heterocycles. The number of aromatic nitrogens is 3. The fourth-order valence-electron chi connectivity index (χ4n) is 3.03. The number of nitrogens with zero attached hydrogens (tertiary/aromatic N) is 4. The van der Waals surface area contributed by atoms with Crippen LogP contribution in [0, 0.1) is 6.92 Å². The zero-order valence-electron chi connectivity index (χ0n) is 16.1. The molecule has 28 heavy (non-hydrogen) atoms. The maximum absolute atomic E-state index is 12.6. The van der Waals surface area contributed by atoms with E-state index in [2.05, 4.69) is 15.4 Å². The molecule has 9 heteroatoms. The van der Waals surface area contributed by atoms with Crippen molar-refractivity contribution in [3.8, 4) is 0 Å². The average Bonchev–Trinajstić information content (AvgIpc) is 3.03. The lowest BCUT2D eigenvalue weighted by Gasteiger charge is -2.18. The fraction of sp³-hybridized carbons (Fsp3) is 0.316. The van der Waals surface area contributed by atoms with E-state index >= 15 is 0 Å². The number of hydrogen-bond donors (Lipinski definition) is 1. The van der Waals surface area contributed by atoms with Crippen molar-refractivity contribution in [3.63, 3.8) is 0 Å². The Morgan fingerprint density at radius 3 is 2.50 bits per heavy atom. The van der Waals surface area contributed by atoms with Crippen LogP contribution in [0.5, 0.6) is 0 Å². The number of rotatable bonds is 7. The van der Waals surface area contributed by atoms with Crippen LogP contribution in [0.4, 0.5) is 0 Å². The van der Waals surface area contributed by atoms with E-state index in [0.717, 1.165) is 5.56 Å². The Bertz CT molecular complexity index is 1090. The molecule has 0 fully saturated rings. The first kappa shape index (κ1) is 20.0. The second-order valence-electron chi connectivity index (χ2n) is 6.26. The van der Waals surface area contributed by atoms with Crippen LogP contribution in [0.15, 0.2) is 47.6 Å². The highest BCUT2D eigenvalue weighted by molar-refractivity contribution is 7.89. The van der Waals surface area contributed by atoms with Crippen molar-refractivity contribution in [2.75, 3.05) is 13.1 Å². The van der Waals surface area contributed by atoms with Crippen molar-refractivity contribution >= 4 is 21.6 Å². The summed E-state index contributed by atoms with van der Waals surface area (Å²) in [4.78, 5) is 17.1. The van der Waals surface area contributed by atoms with E-state index in [1.807, 2.05) is 13.8 Å². The molecule has 3 rings (SSSR count). The Labute approximate surface area is 164 Å². The van der Waals surface area contributed by atoms with E-state index in [1.165, 1.54) is 4.31 Å². The van der Waals surface area contributed by atoms with E-state index in [4.69, 9.17) is 0 Å². The van der Waals surface area contributed by atoms with Crippen molar-refractivity contribution in [2.45, 2.75) is 32.2 Å². The number of aryl methyl sites for hydroxylation is 1. The van der Waals surface area contributed by atoms with Crippen LogP contribution < -0.4 is 5.32 Å². The van der Waals surface area contributed by atoms with Gasteiger partial charge >= 0.3 is 0 Å². The molecule has 0 aliphatic rings. The van der Waals surface area contributed by atoms with E-state index < -0.39 is 10.0 Å². The SMILES string of the molecule is CCN(CC)S(=O)(=O)c1ccc(CNC(=O)c2c(C)nn3cccnc23)cc1. The van der Waals surface area contributed by atoms with Gasteiger partial charge in [0.1, 0.15) is 5.56 Å². The van der Waals surface area contributed by atoms with Crippen LogP contribution in [-0.2, 0) is 16.6 Å². The molecular formula is C19H23N5O3S. The minimum atomic E-state index is -3.49. The maximum atomic E-state index is 12.6. The highest BCUT2D eigenvalue weighted by Crippen LogP contribution is 2.17. The molecule has 0 aliphatic heterocycles. The normalized spacial score (nSPS) is 11.9. The lowest BCUT2D eigenvalue weighted by molar-refractivity contribution is 0.0951. The molecular weight excluding hydrogens is 378 g/mol. The number of nitrogens with one attached hydrogen (secondary N) is 1. The van der Waals surface area contributed by atoms with Crippen LogP contribution >= 0.6 is 0 Å². The lowest BCUT2D eigenvalue weighted by Crippen LogP contribution is -2.30. The summed E-state index contributed by atoms with van der Waals surface area (Å²) in [5, 5.41) is 7.13.